The van der Waals surface area contributed by atoms with Gasteiger partial charge in [0.15, 0.2) is 0 Å². The molecule has 2 aromatic rings. The largest absolute Gasteiger partial charge is 0.302 e. The van der Waals surface area contributed by atoms with E-state index in [2.05, 4.69) is 41.2 Å². The van der Waals surface area contributed by atoms with E-state index in [0.29, 0.717) is 0 Å². The smallest absolute Gasteiger partial charge is 0.0702 e. The van der Waals surface area contributed by atoms with Gasteiger partial charge in [-0.05, 0) is 50.2 Å². The summed E-state index contributed by atoms with van der Waals surface area (Å²) in [5.41, 5.74) is 2.41. The summed E-state index contributed by atoms with van der Waals surface area (Å²) in [4.78, 5) is 6.71. The molecule has 0 fully saturated rings. The monoisotopic (exact) mass is 276 g/mol. The Morgan fingerprint density at radius 1 is 1.16 bits per heavy atom. The first-order valence-corrected chi connectivity index (χ1v) is 7.41. The van der Waals surface area contributed by atoms with E-state index in [1.807, 2.05) is 12.3 Å². The molecule has 1 aromatic carbocycles. The predicted octanol–water partition coefficient (Wildman–Crippen LogP) is 4.08. The van der Waals surface area contributed by atoms with Crippen LogP contribution in [0.15, 0.2) is 36.5 Å². The molecule has 0 amide bonds. The first-order valence-electron chi connectivity index (χ1n) is 6.88. The summed E-state index contributed by atoms with van der Waals surface area (Å²) in [6, 6.07) is 10.6. The third-order valence-corrected chi connectivity index (χ3v) is 3.56. The highest BCUT2D eigenvalue weighted by molar-refractivity contribution is 6.17. The molecule has 19 heavy (non-hydrogen) atoms. The molecule has 0 saturated heterocycles. The normalized spacial score (nSPS) is 11.3. The Balaban J connectivity index is 1.89. The lowest BCUT2D eigenvalue weighted by Gasteiger charge is -2.16. The highest BCUT2D eigenvalue weighted by atomic mass is 35.5. The van der Waals surface area contributed by atoms with Crippen molar-refractivity contribution in [3.8, 4) is 0 Å². The van der Waals surface area contributed by atoms with Crippen LogP contribution in [0.1, 0.15) is 24.8 Å². The SMILES string of the molecule is CN(CCCCCCl)Cc1ccc2ncccc2c1. The quantitative estimate of drug-likeness (QED) is 0.560. The van der Waals surface area contributed by atoms with E-state index in [0.717, 1.165) is 30.9 Å². The van der Waals surface area contributed by atoms with Gasteiger partial charge in [0.1, 0.15) is 0 Å². The maximum atomic E-state index is 5.68. The van der Waals surface area contributed by atoms with Crippen LogP contribution in [0.5, 0.6) is 0 Å². The second-order valence-electron chi connectivity index (χ2n) is 5.02. The van der Waals surface area contributed by atoms with E-state index in [1.165, 1.54) is 23.8 Å². The van der Waals surface area contributed by atoms with Gasteiger partial charge in [0.05, 0.1) is 5.52 Å². The molecule has 1 aromatic heterocycles. The van der Waals surface area contributed by atoms with E-state index in [9.17, 15) is 0 Å². The lowest BCUT2D eigenvalue weighted by atomic mass is 10.1. The van der Waals surface area contributed by atoms with Gasteiger partial charge in [-0.25, -0.2) is 0 Å². The molecule has 0 atom stereocenters. The Kier molecular flexibility index (Phi) is 5.62. The molecule has 0 aliphatic rings. The zero-order chi connectivity index (χ0) is 13.5. The standard InChI is InChI=1S/C16H21ClN2/c1-19(11-4-2-3-9-17)13-14-7-8-16-15(12-14)6-5-10-18-16/h5-8,10,12H,2-4,9,11,13H2,1H3. The molecule has 0 bridgehead atoms. The summed E-state index contributed by atoms with van der Waals surface area (Å²) < 4.78 is 0. The minimum atomic E-state index is 0.779. The second kappa shape index (κ2) is 7.46. The van der Waals surface area contributed by atoms with Crippen LogP contribution in [0.2, 0.25) is 0 Å². The van der Waals surface area contributed by atoms with Gasteiger partial charge >= 0.3 is 0 Å². The first kappa shape index (κ1) is 14.3. The number of halogens is 1. The van der Waals surface area contributed by atoms with Gasteiger partial charge in [-0.1, -0.05) is 18.6 Å². The van der Waals surface area contributed by atoms with E-state index < -0.39 is 0 Å². The third kappa shape index (κ3) is 4.48. The second-order valence-corrected chi connectivity index (χ2v) is 5.40. The number of fused-ring (bicyclic) bond motifs is 1. The van der Waals surface area contributed by atoms with Crippen LogP contribution < -0.4 is 0 Å². The van der Waals surface area contributed by atoms with Gasteiger partial charge in [0, 0.05) is 24.0 Å². The van der Waals surface area contributed by atoms with Gasteiger partial charge in [-0.15, -0.1) is 11.6 Å². The molecule has 0 spiro atoms. The van der Waals surface area contributed by atoms with Crippen LogP contribution in [0.4, 0.5) is 0 Å². The van der Waals surface area contributed by atoms with Crippen molar-refractivity contribution in [3.63, 3.8) is 0 Å². The van der Waals surface area contributed by atoms with Crippen LogP contribution in [0.3, 0.4) is 0 Å². The lowest BCUT2D eigenvalue weighted by molar-refractivity contribution is 0.318. The van der Waals surface area contributed by atoms with Crippen molar-refractivity contribution in [1.29, 1.82) is 0 Å². The number of hydrogen-bond donors (Lipinski definition) is 0. The molecule has 3 heteroatoms. The van der Waals surface area contributed by atoms with Crippen LogP contribution in [-0.4, -0.2) is 29.4 Å². The molecule has 0 saturated carbocycles. The average Bonchev–Trinajstić information content (AvgIpc) is 2.43. The van der Waals surface area contributed by atoms with Crippen molar-refractivity contribution in [3.05, 3.63) is 42.1 Å². The van der Waals surface area contributed by atoms with Crippen molar-refractivity contribution >= 4 is 22.5 Å². The fourth-order valence-corrected chi connectivity index (χ4v) is 2.46. The zero-order valence-electron chi connectivity index (χ0n) is 11.5. The predicted molar refractivity (Wildman–Crippen MR) is 82.6 cm³/mol. The van der Waals surface area contributed by atoms with Crippen LogP contribution >= 0.6 is 11.6 Å². The highest BCUT2D eigenvalue weighted by Crippen LogP contribution is 2.14. The molecule has 0 aliphatic carbocycles. The fraction of sp³-hybridized carbons (Fsp3) is 0.438. The molecule has 2 nitrogen and oxygen atoms in total. The molecule has 0 aliphatic heterocycles. The molecule has 2 rings (SSSR count). The van der Waals surface area contributed by atoms with Gasteiger partial charge < -0.3 is 4.90 Å². The summed E-state index contributed by atoms with van der Waals surface area (Å²) in [5.74, 6) is 0.779. The van der Waals surface area contributed by atoms with Crippen LogP contribution in [-0.2, 0) is 6.54 Å². The molecule has 0 N–H and O–H groups in total. The minimum absolute atomic E-state index is 0.779. The number of pyridine rings is 1. The number of nitrogens with zero attached hydrogens (tertiary/aromatic N) is 2. The Bertz CT molecular complexity index is 513. The molecule has 0 radical (unpaired) electrons. The van der Waals surface area contributed by atoms with Crippen molar-refractivity contribution in [2.24, 2.45) is 0 Å². The van der Waals surface area contributed by atoms with Crippen molar-refractivity contribution in [1.82, 2.24) is 9.88 Å². The Morgan fingerprint density at radius 3 is 2.89 bits per heavy atom. The zero-order valence-corrected chi connectivity index (χ0v) is 12.2. The molecule has 0 unspecified atom stereocenters. The first-order chi connectivity index (χ1) is 9.29. The minimum Gasteiger partial charge on any atom is -0.302 e. The topological polar surface area (TPSA) is 16.1 Å². The van der Waals surface area contributed by atoms with E-state index in [4.69, 9.17) is 11.6 Å². The summed E-state index contributed by atoms with van der Waals surface area (Å²) in [5, 5.41) is 1.22. The van der Waals surface area contributed by atoms with Crippen molar-refractivity contribution < 1.29 is 0 Å². The van der Waals surface area contributed by atoms with Gasteiger partial charge in [-0.3, -0.25) is 4.98 Å². The number of aromatic nitrogens is 1. The van der Waals surface area contributed by atoms with Crippen LogP contribution in [0, 0.1) is 0 Å². The number of rotatable bonds is 7. The molecular formula is C16H21ClN2. The van der Waals surface area contributed by atoms with Crippen molar-refractivity contribution in [2.75, 3.05) is 19.5 Å². The molecule has 1 heterocycles. The van der Waals surface area contributed by atoms with Crippen LogP contribution in [0.25, 0.3) is 10.9 Å². The maximum absolute atomic E-state index is 5.68. The van der Waals surface area contributed by atoms with E-state index in [1.54, 1.807) is 0 Å². The average molecular weight is 277 g/mol. The maximum Gasteiger partial charge on any atom is 0.0702 e. The summed E-state index contributed by atoms with van der Waals surface area (Å²) in [7, 11) is 2.17. The van der Waals surface area contributed by atoms with E-state index >= 15 is 0 Å². The summed E-state index contributed by atoms with van der Waals surface area (Å²) in [6.45, 7) is 2.12. The number of benzene rings is 1. The Morgan fingerprint density at radius 2 is 2.05 bits per heavy atom. The summed E-state index contributed by atoms with van der Waals surface area (Å²) in [6.07, 6.45) is 5.40. The Labute approximate surface area is 120 Å². The number of hydrogen-bond acceptors (Lipinski definition) is 2. The highest BCUT2D eigenvalue weighted by Gasteiger charge is 2.02. The van der Waals surface area contributed by atoms with E-state index in [-0.39, 0.29) is 0 Å². The lowest BCUT2D eigenvalue weighted by Crippen LogP contribution is -2.19. The summed E-state index contributed by atoms with van der Waals surface area (Å²) >= 11 is 5.68. The number of unbranched alkanes of at least 4 members (excludes halogenated alkanes) is 2. The van der Waals surface area contributed by atoms with Crippen molar-refractivity contribution in [2.45, 2.75) is 25.8 Å². The fourth-order valence-electron chi connectivity index (χ4n) is 2.27. The Hall–Kier alpha value is -1.12. The van der Waals surface area contributed by atoms with Gasteiger partial charge in [-0.2, -0.15) is 0 Å². The third-order valence-electron chi connectivity index (χ3n) is 3.29. The molecular weight excluding hydrogens is 256 g/mol. The van der Waals surface area contributed by atoms with Gasteiger partial charge in [0.2, 0.25) is 0 Å². The van der Waals surface area contributed by atoms with Gasteiger partial charge in [0.25, 0.3) is 0 Å². The molecule has 102 valence electrons. The number of alkyl halides is 1.